The zero-order chi connectivity index (χ0) is 12.0. The van der Waals surface area contributed by atoms with Crippen LogP contribution >= 0.6 is 0 Å². The Morgan fingerprint density at radius 3 is 2.50 bits per heavy atom. The number of rotatable bonds is 7. The van der Waals surface area contributed by atoms with Gasteiger partial charge in [0.2, 0.25) is 0 Å². The molecule has 0 aromatic rings. The molecule has 1 heterocycles. The lowest BCUT2D eigenvalue weighted by Gasteiger charge is -2.36. The molecule has 0 aliphatic carbocycles. The van der Waals surface area contributed by atoms with E-state index in [2.05, 4.69) is 37.9 Å². The molecule has 0 spiro atoms. The van der Waals surface area contributed by atoms with Gasteiger partial charge in [0.25, 0.3) is 0 Å². The molecular formula is C14H30N2. The van der Waals surface area contributed by atoms with Gasteiger partial charge < -0.3 is 10.2 Å². The van der Waals surface area contributed by atoms with Crippen LogP contribution in [-0.2, 0) is 0 Å². The predicted octanol–water partition coefficient (Wildman–Crippen LogP) is 2.89. The van der Waals surface area contributed by atoms with Gasteiger partial charge in [-0.3, -0.25) is 0 Å². The maximum absolute atomic E-state index is 3.77. The normalized spacial score (nSPS) is 25.9. The van der Waals surface area contributed by atoms with Crippen molar-refractivity contribution in [1.29, 1.82) is 0 Å². The van der Waals surface area contributed by atoms with Crippen LogP contribution in [0.2, 0.25) is 0 Å². The highest BCUT2D eigenvalue weighted by Crippen LogP contribution is 2.26. The lowest BCUT2D eigenvalue weighted by atomic mass is 9.91. The molecule has 0 bridgehead atoms. The molecule has 96 valence electrons. The Bertz CT molecular complexity index is 183. The van der Waals surface area contributed by atoms with Gasteiger partial charge in [-0.2, -0.15) is 0 Å². The summed E-state index contributed by atoms with van der Waals surface area (Å²) in [4.78, 5) is 2.62. The summed E-state index contributed by atoms with van der Waals surface area (Å²) in [7, 11) is 0. The summed E-state index contributed by atoms with van der Waals surface area (Å²) in [5, 5.41) is 3.77. The van der Waals surface area contributed by atoms with Crippen LogP contribution in [0, 0.1) is 5.92 Å². The van der Waals surface area contributed by atoms with E-state index >= 15 is 0 Å². The molecule has 1 fully saturated rings. The second-order valence-corrected chi connectivity index (χ2v) is 5.78. The molecule has 1 aliphatic rings. The Balaban J connectivity index is 2.51. The fraction of sp³-hybridized carbons (Fsp3) is 1.00. The molecule has 0 aromatic heterocycles. The fourth-order valence-electron chi connectivity index (χ4n) is 3.02. The van der Waals surface area contributed by atoms with E-state index in [9.17, 15) is 0 Å². The first-order chi connectivity index (χ1) is 7.62. The van der Waals surface area contributed by atoms with Gasteiger partial charge in [-0.15, -0.1) is 0 Å². The van der Waals surface area contributed by atoms with Crippen LogP contribution in [0.1, 0.15) is 53.4 Å². The van der Waals surface area contributed by atoms with Gasteiger partial charge in [0.05, 0.1) is 0 Å². The first kappa shape index (κ1) is 14.0. The number of nitrogens with zero attached hydrogens (tertiary/aromatic N) is 1. The summed E-state index contributed by atoms with van der Waals surface area (Å²) in [6.45, 7) is 14.1. The molecule has 0 amide bonds. The summed E-state index contributed by atoms with van der Waals surface area (Å²) in [6.07, 6.45) is 5.36. The third-order valence-electron chi connectivity index (χ3n) is 3.66. The Hall–Kier alpha value is -0.0800. The summed E-state index contributed by atoms with van der Waals surface area (Å²) in [5.41, 5.74) is 0.430. The van der Waals surface area contributed by atoms with Crippen LogP contribution in [0.4, 0.5) is 0 Å². The Labute approximate surface area is 102 Å². The summed E-state index contributed by atoms with van der Waals surface area (Å²) in [5.74, 6) is 0.778. The molecule has 2 nitrogen and oxygen atoms in total. The molecule has 1 aliphatic heterocycles. The lowest BCUT2D eigenvalue weighted by Crippen LogP contribution is -2.50. The Morgan fingerprint density at radius 2 is 2.06 bits per heavy atom. The van der Waals surface area contributed by atoms with Gasteiger partial charge in [0.15, 0.2) is 0 Å². The van der Waals surface area contributed by atoms with Crippen LogP contribution in [0.3, 0.4) is 0 Å². The minimum absolute atomic E-state index is 0.430. The number of hydrogen-bond donors (Lipinski definition) is 1. The van der Waals surface area contributed by atoms with Crippen LogP contribution in [0.25, 0.3) is 0 Å². The quantitative estimate of drug-likeness (QED) is 0.718. The average Bonchev–Trinajstić information content (AvgIpc) is 2.65. The van der Waals surface area contributed by atoms with E-state index in [1.807, 2.05) is 0 Å². The van der Waals surface area contributed by atoms with Gasteiger partial charge in [-0.25, -0.2) is 0 Å². The molecule has 1 atom stereocenters. The van der Waals surface area contributed by atoms with Crippen LogP contribution < -0.4 is 5.32 Å². The van der Waals surface area contributed by atoms with Crippen LogP contribution in [0.15, 0.2) is 0 Å². The molecule has 1 saturated heterocycles. The Morgan fingerprint density at radius 1 is 1.31 bits per heavy atom. The van der Waals surface area contributed by atoms with Crippen molar-refractivity contribution in [1.82, 2.24) is 10.2 Å². The van der Waals surface area contributed by atoms with Crippen LogP contribution in [0.5, 0.6) is 0 Å². The first-order valence-electron chi connectivity index (χ1n) is 7.09. The summed E-state index contributed by atoms with van der Waals surface area (Å²) in [6, 6.07) is 0. The van der Waals surface area contributed by atoms with Crippen molar-refractivity contribution >= 4 is 0 Å². The largest absolute Gasteiger partial charge is 0.310 e. The van der Waals surface area contributed by atoms with Crippen molar-refractivity contribution in [3.8, 4) is 0 Å². The molecule has 0 saturated carbocycles. The molecule has 2 heteroatoms. The third-order valence-corrected chi connectivity index (χ3v) is 3.66. The topological polar surface area (TPSA) is 15.3 Å². The molecule has 16 heavy (non-hydrogen) atoms. The lowest BCUT2D eigenvalue weighted by molar-refractivity contribution is 0.174. The zero-order valence-corrected chi connectivity index (χ0v) is 11.7. The standard InChI is InChI=1S/C14H30N2/c1-5-8-14(9-7-10-15-14)12-16(6-2)11-13(3)4/h13,15H,5-12H2,1-4H3. The van der Waals surface area contributed by atoms with E-state index in [0.29, 0.717) is 5.54 Å². The van der Waals surface area contributed by atoms with Gasteiger partial charge in [0, 0.05) is 18.6 Å². The predicted molar refractivity (Wildman–Crippen MR) is 71.8 cm³/mol. The smallest absolute Gasteiger partial charge is 0.0309 e. The van der Waals surface area contributed by atoms with E-state index in [-0.39, 0.29) is 0 Å². The van der Waals surface area contributed by atoms with E-state index in [1.54, 1.807) is 0 Å². The second-order valence-electron chi connectivity index (χ2n) is 5.78. The maximum Gasteiger partial charge on any atom is 0.0309 e. The van der Waals surface area contributed by atoms with Crippen LogP contribution in [-0.4, -0.2) is 36.6 Å². The second kappa shape index (κ2) is 6.61. The van der Waals surface area contributed by atoms with Crippen molar-refractivity contribution in [2.75, 3.05) is 26.2 Å². The molecular weight excluding hydrogens is 196 g/mol. The molecule has 1 N–H and O–H groups in total. The van der Waals surface area contributed by atoms with E-state index in [0.717, 1.165) is 5.92 Å². The maximum atomic E-state index is 3.77. The number of nitrogens with one attached hydrogen (secondary N) is 1. The highest BCUT2D eigenvalue weighted by Gasteiger charge is 2.33. The van der Waals surface area contributed by atoms with Gasteiger partial charge >= 0.3 is 0 Å². The highest BCUT2D eigenvalue weighted by molar-refractivity contribution is 4.95. The van der Waals surface area contributed by atoms with Gasteiger partial charge in [0.1, 0.15) is 0 Å². The minimum atomic E-state index is 0.430. The zero-order valence-electron chi connectivity index (χ0n) is 11.7. The summed E-state index contributed by atoms with van der Waals surface area (Å²) >= 11 is 0. The van der Waals surface area contributed by atoms with Crippen molar-refractivity contribution in [2.45, 2.75) is 58.9 Å². The van der Waals surface area contributed by atoms with Crippen molar-refractivity contribution in [2.24, 2.45) is 5.92 Å². The Kier molecular flexibility index (Phi) is 5.77. The van der Waals surface area contributed by atoms with Crippen molar-refractivity contribution < 1.29 is 0 Å². The minimum Gasteiger partial charge on any atom is -0.310 e. The monoisotopic (exact) mass is 226 g/mol. The fourth-order valence-corrected chi connectivity index (χ4v) is 3.02. The van der Waals surface area contributed by atoms with E-state index in [1.165, 1.54) is 51.9 Å². The molecule has 0 aromatic carbocycles. The van der Waals surface area contributed by atoms with E-state index < -0.39 is 0 Å². The van der Waals surface area contributed by atoms with Gasteiger partial charge in [-0.1, -0.05) is 34.1 Å². The summed E-state index contributed by atoms with van der Waals surface area (Å²) < 4.78 is 0. The van der Waals surface area contributed by atoms with E-state index in [4.69, 9.17) is 0 Å². The molecule has 1 rings (SSSR count). The first-order valence-corrected chi connectivity index (χ1v) is 7.09. The van der Waals surface area contributed by atoms with Crippen molar-refractivity contribution in [3.63, 3.8) is 0 Å². The van der Waals surface area contributed by atoms with Gasteiger partial charge in [-0.05, 0) is 38.3 Å². The SMILES string of the molecule is CCCC1(CN(CC)CC(C)C)CCCN1. The number of hydrogen-bond acceptors (Lipinski definition) is 2. The number of likely N-dealkylation sites (N-methyl/N-ethyl adjacent to an activating group) is 1. The highest BCUT2D eigenvalue weighted by atomic mass is 15.2. The average molecular weight is 226 g/mol. The van der Waals surface area contributed by atoms with Crippen molar-refractivity contribution in [3.05, 3.63) is 0 Å². The molecule has 0 radical (unpaired) electrons. The molecule has 1 unspecified atom stereocenters. The third kappa shape index (κ3) is 4.06.